The van der Waals surface area contributed by atoms with Gasteiger partial charge in [0, 0.05) is 38.8 Å². The number of fused-ring (bicyclic) bond motifs is 1. The third kappa shape index (κ3) is 8.69. The minimum absolute atomic E-state index is 0.00818. The first-order valence-electron chi connectivity index (χ1n) is 15.5. The van der Waals surface area contributed by atoms with Crippen molar-refractivity contribution in [2.45, 2.75) is 16.3 Å². The number of hydrogen-bond donors (Lipinski definition) is 4. The van der Waals surface area contributed by atoms with Crippen LogP contribution >= 0.6 is 23.4 Å². The van der Waals surface area contributed by atoms with E-state index < -0.39 is 34.7 Å². The van der Waals surface area contributed by atoms with E-state index in [4.69, 9.17) is 11.6 Å². The van der Waals surface area contributed by atoms with Crippen LogP contribution in [0.4, 0.5) is 24.5 Å². The van der Waals surface area contributed by atoms with Crippen LogP contribution < -0.4 is 16.0 Å². The Kier molecular flexibility index (Phi) is 10.6. The van der Waals surface area contributed by atoms with Crippen LogP contribution in [0.15, 0.2) is 144 Å². The molecule has 0 aliphatic carbocycles. The predicted molar refractivity (Wildman–Crippen MR) is 195 cm³/mol. The maximum Gasteiger partial charge on any atom is 0.416 e. The summed E-state index contributed by atoms with van der Waals surface area (Å²) in [4.78, 5) is 44.3. The van der Waals surface area contributed by atoms with E-state index in [1.54, 1.807) is 97.2 Å². The quantitative estimate of drug-likeness (QED) is 0.0835. The predicted octanol–water partition coefficient (Wildman–Crippen LogP) is 9.72. The second-order valence-corrected chi connectivity index (χ2v) is 12.8. The zero-order chi connectivity index (χ0) is 36.0. The molecule has 1 atom stereocenters. The average molecular weight is 725 g/mol. The van der Waals surface area contributed by atoms with Gasteiger partial charge in [-0.25, -0.2) is 0 Å². The van der Waals surface area contributed by atoms with Gasteiger partial charge in [0.25, 0.3) is 11.8 Å². The summed E-state index contributed by atoms with van der Waals surface area (Å²) in [6.45, 7) is 0. The molecule has 3 amide bonds. The van der Waals surface area contributed by atoms with E-state index in [2.05, 4.69) is 20.9 Å². The number of hydrogen-bond acceptors (Lipinski definition) is 4. The number of carbonyl (C=O) groups excluding carboxylic acids is 3. The molecule has 0 radical (unpaired) electrons. The number of nitrogens with one attached hydrogen (secondary N) is 4. The van der Waals surface area contributed by atoms with Gasteiger partial charge in [0.1, 0.15) is 10.9 Å². The first-order valence-corrected chi connectivity index (χ1v) is 16.8. The molecular weight excluding hydrogens is 697 g/mol. The Balaban J connectivity index is 1.26. The van der Waals surface area contributed by atoms with Crippen LogP contribution in [-0.2, 0) is 15.8 Å². The molecule has 1 aromatic heterocycles. The molecule has 12 heteroatoms. The van der Waals surface area contributed by atoms with Crippen molar-refractivity contribution in [1.82, 2.24) is 10.3 Å². The monoisotopic (exact) mass is 724 g/mol. The lowest BCUT2D eigenvalue weighted by Crippen LogP contribution is -2.30. The van der Waals surface area contributed by atoms with Crippen LogP contribution in [0.2, 0.25) is 5.02 Å². The highest BCUT2D eigenvalue weighted by Crippen LogP contribution is 2.39. The number of aromatic nitrogens is 1. The molecule has 7 nitrogen and oxygen atoms in total. The number of alkyl halides is 3. The Morgan fingerprint density at radius 1 is 0.784 bits per heavy atom. The summed E-state index contributed by atoms with van der Waals surface area (Å²) in [5.74, 6) is -1.67. The summed E-state index contributed by atoms with van der Waals surface area (Å²) < 4.78 is 40.2. The number of halogens is 4. The Morgan fingerprint density at radius 2 is 1.49 bits per heavy atom. The van der Waals surface area contributed by atoms with Crippen LogP contribution in [0.1, 0.15) is 32.3 Å². The topological polar surface area (TPSA) is 103 Å². The molecule has 6 rings (SSSR count). The smallest absolute Gasteiger partial charge is 0.361 e. The molecule has 256 valence electrons. The van der Waals surface area contributed by atoms with Crippen LogP contribution in [0.25, 0.3) is 17.0 Å². The Labute approximate surface area is 299 Å². The van der Waals surface area contributed by atoms with Crippen molar-refractivity contribution in [3.63, 3.8) is 0 Å². The van der Waals surface area contributed by atoms with E-state index in [0.29, 0.717) is 27.3 Å². The summed E-state index contributed by atoms with van der Waals surface area (Å²) >= 11 is 7.30. The molecule has 0 saturated carbocycles. The fraction of sp³-hybridized carbons (Fsp3) is 0.0513. The summed E-state index contributed by atoms with van der Waals surface area (Å²) in [5.41, 5.74) is 1.73. The standard InChI is InChI=1S/C39H28ClF3N4O3S/c40-31-19-18-27(39(41,42)43)21-33(31)46-38(50)35(24-10-3-1-4-11-24)51-29-15-9-14-28(22-29)45-37(49)34(47-36(48)25-12-5-2-6-13-25)20-26-23-44-32-17-8-7-16-30(26)32/h1-23,35,44H,(H,45,49)(H,46,50)(H,47,48)/b34-20-. The van der Waals surface area contributed by atoms with E-state index in [1.165, 1.54) is 0 Å². The Morgan fingerprint density at radius 3 is 2.24 bits per heavy atom. The largest absolute Gasteiger partial charge is 0.416 e. The molecule has 0 spiro atoms. The molecule has 5 aromatic carbocycles. The molecule has 0 aliphatic rings. The highest BCUT2D eigenvalue weighted by molar-refractivity contribution is 8.00. The number of para-hydroxylation sites is 1. The van der Waals surface area contributed by atoms with Crippen molar-refractivity contribution in [2.24, 2.45) is 0 Å². The fourth-order valence-corrected chi connectivity index (χ4v) is 6.44. The average Bonchev–Trinajstić information content (AvgIpc) is 3.54. The van der Waals surface area contributed by atoms with Gasteiger partial charge in [0.05, 0.1) is 16.3 Å². The van der Waals surface area contributed by atoms with E-state index in [-0.39, 0.29) is 16.4 Å². The maximum atomic E-state index is 13.8. The van der Waals surface area contributed by atoms with Gasteiger partial charge in [-0.3, -0.25) is 14.4 Å². The normalized spacial score (nSPS) is 12.3. The van der Waals surface area contributed by atoms with E-state index in [1.807, 2.05) is 24.3 Å². The maximum absolute atomic E-state index is 13.8. The van der Waals surface area contributed by atoms with Crippen molar-refractivity contribution in [3.05, 3.63) is 167 Å². The second-order valence-electron chi connectivity index (χ2n) is 11.2. The van der Waals surface area contributed by atoms with Crippen molar-refractivity contribution in [3.8, 4) is 0 Å². The minimum atomic E-state index is -4.63. The zero-order valence-electron chi connectivity index (χ0n) is 26.5. The highest BCUT2D eigenvalue weighted by atomic mass is 35.5. The number of anilines is 2. The number of benzene rings is 5. The molecule has 0 aliphatic heterocycles. The second kappa shape index (κ2) is 15.4. The first kappa shape index (κ1) is 35.1. The summed E-state index contributed by atoms with van der Waals surface area (Å²) in [6.07, 6.45) is -1.30. The third-order valence-electron chi connectivity index (χ3n) is 7.69. The molecule has 0 fully saturated rings. The van der Waals surface area contributed by atoms with Gasteiger partial charge in [0.15, 0.2) is 0 Å². The van der Waals surface area contributed by atoms with Gasteiger partial charge in [-0.15, -0.1) is 11.8 Å². The van der Waals surface area contributed by atoms with Crippen molar-refractivity contribution in [2.75, 3.05) is 10.6 Å². The molecule has 4 N–H and O–H groups in total. The molecule has 51 heavy (non-hydrogen) atoms. The van der Waals surface area contributed by atoms with Crippen LogP contribution in [0, 0.1) is 0 Å². The molecule has 1 unspecified atom stereocenters. The number of aromatic amines is 1. The van der Waals surface area contributed by atoms with E-state index >= 15 is 0 Å². The molecule has 6 aromatic rings. The Bertz CT molecular complexity index is 2240. The Hall–Kier alpha value is -5.78. The fourth-order valence-electron chi connectivity index (χ4n) is 5.19. The SMILES string of the molecule is O=C(Nc1cccc(SC(C(=O)Nc2cc(C(F)(F)F)ccc2Cl)c2ccccc2)c1)/C(=C/c1c[nH]c2ccccc12)NC(=O)c1ccccc1. The lowest BCUT2D eigenvalue weighted by atomic mass is 10.1. The third-order valence-corrected chi connectivity index (χ3v) is 9.27. The lowest BCUT2D eigenvalue weighted by Gasteiger charge is -2.19. The van der Waals surface area contributed by atoms with Crippen LogP contribution in [-0.4, -0.2) is 22.7 Å². The van der Waals surface area contributed by atoms with Gasteiger partial charge >= 0.3 is 6.18 Å². The van der Waals surface area contributed by atoms with E-state index in [9.17, 15) is 27.6 Å². The molecule has 0 bridgehead atoms. The summed E-state index contributed by atoms with van der Waals surface area (Å²) in [7, 11) is 0. The van der Waals surface area contributed by atoms with Crippen molar-refractivity contribution in [1.29, 1.82) is 0 Å². The number of H-pyrrole nitrogens is 1. The molecule has 1 heterocycles. The highest BCUT2D eigenvalue weighted by Gasteiger charge is 2.32. The van der Waals surface area contributed by atoms with Gasteiger partial charge in [-0.2, -0.15) is 13.2 Å². The van der Waals surface area contributed by atoms with Gasteiger partial charge in [-0.1, -0.05) is 84.4 Å². The van der Waals surface area contributed by atoms with Gasteiger partial charge < -0.3 is 20.9 Å². The van der Waals surface area contributed by atoms with Crippen LogP contribution in [0.3, 0.4) is 0 Å². The van der Waals surface area contributed by atoms with Gasteiger partial charge in [0.2, 0.25) is 5.91 Å². The number of thioether (sulfide) groups is 1. The van der Waals surface area contributed by atoms with E-state index in [0.717, 1.165) is 40.9 Å². The lowest BCUT2D eigenvalue weighted by molar-refractivity contribution is -0.137. The summed E-state index contributed by atoms with van der Waals surface area (Å²) in [6, 6.07) is 34.2. The van der Waals surface area contributed by atoms with Crippen molar-refractivity contribution >= 4 is 69.4 Å². The van der Waals surface area contributed by atoms with Crippen molar-refractivity contribution < 1.29 is 27.6 Å². The minimum Gasteiger partial charge on any atom is -0.361 e. The molecule has 0 saturated heterocycles. The van der Waals surface area contributed by atoms with Gasteiger partial charge in [-0.05, 0) is 66.2 Å². The molecular formula is C39H28ClF3N4O3S. The summed E-state index contributed by atoms with van der Waals surface area (Å²) in [5, 5.41) is 8.03. The number of carbonyl (C=O) groups is 3. The first-order chi connectivity index (χ1) is 24.5. The van der Waals surface area contributed by atoms with Crippen LogP contribution in [0.5, 0.6) is 0 Å². The zero-order valence-corrected chi connectivity index (χ0v) is 28.1. The number of rotatable bonds is 10. The number of amides is 3.